The summed E-state index contributed by atoms with van der Waals surface area (Å²) in [5.74, 6) is 0.0731. The molecule has 0 unspecified atom stereocenters. The van der Waals surface area contributed by atoms with Crippen LogP contribution in [-0.2, 0) is 4.74 Å². The van der Waals surface area contributed by atoms with Crippen molar-refractivity contribution in [3.8, 4) is 5.75 Å². The number of hydrogen-bond donors (Lipinski definition) is 0. The summed E-state index contributed by atoms with van der Waals surface area (Å²) in [4.78, 5) is 26.2. The average molecular weight is 333 g/mol. The molecule has 122 valence electrons. The van der Waals surface area contributed by atoms with Gasteiger partial charge in [0.15, 0.2) is 0 Å². The first-order valence-electron chi connectivity index (χ1n) is 7.15. The van der Waals surface area contributed by atoms with Crippen molar-refractivity contribution in [3.05, 3.63) is 35.9 Å². The summed E-state index contributed by atoms with van der Waals surface area (Å²) in [6.07, 6.45) is 0. The van der Waals surface area contributed by atoms with E-state index in [1.54, 1.807) is 27.1 Å². The van der Waals surface area contributed by atoms with Crippen LogP contribution in [0.1, 0.15) is 17.3 Å². The third kappa shape index (κ3) is 3.76. The summed E-state index contributed by atoms with van der Waals surface area (Å²) in [5.41, 5.74) is 0.395. The quantitative estimate of drug-likeness (QED) is 0.629. The normalized spacial score (nSPS) is 10.4. The van der Waals surface area contributed by atoms with Crippen molar-refractivity contribution in [3.63, 3.8) is 0 Å². The lowest BCUT2D eigenvalue weighted by Gasteiger charge is -2.13. The van der Waals surface area contributed by atoms with Gasteiger partial charge in [-0.25, -0.2) is 4.79 Å². The smallest absolute Gasteiger partial charge is 0.341 e. The van der Waals surface area contributed by atoms with Gasteiger partial charge in [0.1, 0.15) is 11.3 Å². The van der Waals surface area contributed by atoms with Gasteiger partial charge in [0.25, 0.3) is 5.24 Å². The Hall–Kier alpha value is -2.21. The largest absolute Gasteiger partial charge is 0.495 e. The number of ether oxygens (including phenoxy) is 2. The predicted molar refractivity (Wildman–Crippen MR) is 91.4 cm³/mol. The molecule has 0 saturated heterocycles. The van der Waals surface area contributed by atoms with Crippen LogP contribution < -0.4 is 4.74 Å². The summed E-state index contributed by atoms with van der Waals surface area (Å²) in [7, 11) is 4.95. The van der Waals surface area contributed by atoms with E-state index < -0.39 is 5.97 Å². The molecule has 0 radical (unpaired) electrons. The van der Waals surface area contributed by atoms with Crippen LogP contribution in [0.4, 0.5) is 4.79 Å². The topological polar surface area (TPSA) is 55.8 Å². The third-order valence-electron chi connectivity index (χ3n) is 3.21. The number of thioether (sulfide) groups is 1. The summed E-state index contributed by atoms with van der Waals surface area (Å²) < 4.78 is 10.5. The van der Waals surface area contributed by atoms with Gasteiger partial charge in [-0.05, 0) is 48.3 Å². The fourth-order valence-electron chi connectivity index (χ4n) is 2.12. The lowest BCUT2D eigenvalue weighted by atomic mass is 10.1. The SMILES string of the molecule is CCOC(=O)c1ccc2cc(SC(=O)N(C)C)ccc2c1OC. The number of fused-ring (bicyclic) bond motifs is 1. The Morgan fingerprint density at radius 3 is 2.52 bits per heavy atom. The number of esters is 1. The van der Waals surface area contributed by atoms with E-state index in [-0.39, 0.29) is 5.24 Å². The van der Waals surface area contributed by atoms with E-state index in [9.17, 15) is 9.59 Å². The number of amides is 1. The Morgan fingerprint density at radius 1 is 1.17 bits per heavy atom. The lowest BCUT2D eigenvalue weighted by Crippen LogP contribution is -2.15. The number of methoxy groups -OCH3 is 1. The van der Waals surface area contributed by atoms with Gasteiger partial charge in [0.2, 0.25) is 0 Å². The predicted octanol–water partition coefficient (Wildman–Crippen LogP) is 3.80. The first kappa shape index (κ1) is 17.1. The van der Waals surface area contributed by atoms with Crippen LogP contribution in [0.3, 0.4) is 0 Å². The molecule has 0 aliphatic carbocycles. The standard InChI is InChI=1S/C17H19NO4S/c1-5-22-16(19)14-8-6-11-10-12(23-17(20)18(2)3)7-9-13(11)15(14)21-4/h6-10H,5H2,1-4H3. The lowest BCUT2D eigenvalue weighted by molar-refractivity contribution is 0.0523. The Balaban J connectivity index is 2.44. The molecule has 6 heteroatoms. The van der Waals surface area contributed by atoms with E-state index in [0.29, 0.717) is 17.9 Å². The molecule has 0 aromatic heterocycles. The molecule has 1 amide bonds. The molecule has 0 saturated carbocycles. The van der Waals surface area contributed by atoms with E-state index in [4.69, 9.17) is 9.47 Å². The summed E-state index contributed by atoms with van der Waals surface area (Å²) in [5, 5.41) is 1.66. The van der Waals surface area contributed by atoms with Gasteiger partial charge in [-0.2, -0.15) is 0 Å². The first-order chi connectivity index (χ1) is 11.0. The molecule has 0 aliphatic heterocycles. The highest BCUT2D eigenvalue weighted by Gasteiger charge is 2.17. The number of rotatable bonds is 4. The molecule has 5 nitrogen and oxygen atoms in total. The Labute approximate surface area is 139 Å². The molecule has 0 N–H and O–H groups in total. The molecule has 2 aromatic rings. The zero-order chi connectivity index (χ0) is 17.0. The average Bonchev–Trinajstić information content (AvgIpc) is 2.53. The number of carbonyl (C=O) groups excluding carboxylic acids is 2. The van der Waals surface area contributed by atoms with Crippen LogP contribution in [0, 0.1) is 0 Å². The van der Waals surface area contributed by atoms with Gasteiger partial charge in [-0.1, -0.05) is 6.07 Å². The van der Waals surface area contributed by atoms with Gasteiger partial charge >= 0.3 is 5.97 Å². The monoisotopic (exact) mass is 333 g/mol. The summed E-state index contributed by atoms with van der Waals surface area (Å²) in [6.45, 7) is 2.07. The van der Waals surface area contributed by atoms with E-state index >= 15 is 0 Å². The van der Waals surface area contributed by atoms with Crippen LogP contribution in [-0.4, -0.2) is 43.9 Å². The van der Waals surface area contributed by atoms with Crippen LogP contribution in [0.2, 0.25) is 0 Å². The fourth-order valence-corrected chi connectivity index (χ4v) is 2.83. The van der Waals surface area contributed by atoms with Gasteiger partial charge in [-0.15, -0.1) is 0 Å². The zero-order valence-electron chi connectivity index (χ0n) is 13.6. The van der Waals surface area contributed by atoms with Crippen molar-refractivity contribution in [2.24, 2.45) is 0 Å². The van der Waals surface area contributed by atoms with Crippen molar-refractivity contribution in [1.29, 1.82) is 0 Å². The highest BCUT2D eigenvalue weighted by Crippen LogP contribution is 2.33. The molecule has 0 spiro atoms. The number of nitrogens with zero attached hydrogens (tertiary/aromatic N) is 1. The second-order valence-corrected chi connectivity index (χ2v) is 6.04. The van der Waals surface area contributed by atoms with E-state index in [1.807, 2.05) is 24.3 Å². The highest BCUT2D eigenvalue weighted by atomic mass is 32.2. The maximum atomic E-state index is 12.0. The van der Waals surface area contributed by atoms with E-state index in [0.717, 1.165) is 27.4 Å². The van der Waals surface area contributed by atoms with Crippen LogP contribution >= 0.6 is 11.8 Å². The van der Waals surface area contributed by atoms with Crippen LogP contribution in [0.25, 0.3) is 10.8 Å². The molecule has 0 fully saturated rings. The molecule has 0 atom stereocenters. The van der Waals surface area contributed by atoms with Gasteiger partial charge in [-0.3, -0.25) is 4.79 Å². The molecule has 0 bridgehead atoms. The number of carbonyl (C=O) groups is 2. The van der Waals surface area contributed by atoms with Crippen molar-refractivity contribution >= 4 is 33.7 Å². The van der Waals surface area contributed by atoms with E-state index in [1.165, 1.54) is 12.0 Å². The van der Waals surface area contributed by atoms with Crippen molar-refractivity contribution in [2.45, 2.75) is 11.8 Å². The Morgan fingerprint density at radius 2 is 1.91 bits per heavy atom. The van der Waals surface area contributed by atoms with Crippen LogP contribution in [0.5, 0.6) is 5.75 Å². The second kappa shape index (κ2) is 7.37. The molecule has 0 aliphatic rings. The highest BCUT2D eigenvalue weighted by molar-refractivity contribution is 8.13. The second-order valence-electron chi connectivity index (χ2n) is 5.01. The molecule has 0 heterocycles. The molecule has 2 rings (SSSR count). The number of hydrogen-bond acceptors (Lipinski definition) is 5. The molecule has 23 heavy (non-hydrogen) atoms. The maximum absolute atomic E-state index is 12.0. The van der Waals surface area contributed by atoms with Crippen molar-refractivity contribution < 1.29 is 19.1 Å². The Kier molecular flexibility index (Phi) is 5.50. The summed E-state index contributed by atoms with van der Waals surface area (Å²) >= 11 is 1.15. The van der Waals surface area contributed by atoms with Crippen molar-refractivity contribution in [1.82, 2.24) is 4.90 Å². The van der Waals surface area contributed by atoms with Gasteiger partial charge in [0, 0.05) is 24.4 Å². The molecular formula is C17H19NO4S. The van der Waals surface area contributed by atoms with E-state index in [2.05, 4.69) is 0 Å². The zero-order valence-corrected chi connectivity index (χ0v) is 14.4. The van der Waals surface area contributed by atoms with Crippen LogP contribution in [0.15, 0.2) is 35.2 Å². The minimum absolute atomic E-state index is 0.0422. The van der Waals surface area contributed by atoms with Gasteiger partial charge < -0.3 is 14.4 Å². The number of benzene rings is 2. The molecule has 2 aromatic carbocycles. The molecular weight excluding hydrogens is 314 g/mol. The summed E-state index contributed by atoms with van der Waals surface area (Å²) in [6, 6.07) is 9.10. The minimum atomic E-state index is -0.410. The fraction of sp³-hybridized carbons (Fsp3) is 0.294. The van der Waals surface area contributed by atoms with Gasteiger partial charge in [0.05, 0.1) is 13.7 Å². The maximum Gasteiger partial charge on any atom is 0.341 e. The van der Waals surface area contributed by atoms with Crippen molar-refractivity contribution in [2.75, 3.05) is 27.8 Å². The third-order valence-corrected chi connectivity index (χ3v) is 4.24. The first-order valence-corrected chi connectivity index (χ1v) is 7.96. The minimum Gasteiger partial charge on any atom is -0.495 e. The Bertz CT molecular complexity index is 743.